The molecule has 0 aromatic carbocycles. The second-order valence-electron chi connectivity index (χ2n) is 2.75. The lowest BCUT2D eigenvalue weighted by atomic mass is 10.0. The van der Waals surface area contributed by atoms with Crippen LogP contribution in [0.1, 0.15) is 0 Å². The first kappa shape index (κ1) is 5.96. The van der Waals surface area contributed by atoms with Crippen LogP contribution in [0.5, 0.6) is 0 Å². The number of nitrogens with zero attached hydrogens (tertiary/aromatic N) is 2. The minimum atomic E-state index is 0.109. The van der Waals surface area contributed by atoms with Crippen LogP contribution in [0.25, 0.3) is 0 Å². The van der Waals surface area contributed by atoms with E-state index < -0.39 is 0 Å². The molecule has 0 spiro atoms. The van der Waals surface area contributed by atoms with Crippen molar-refractivity contribution < 1.29 is 0 Å². The number of hydrazine groups is 2. The number of allylic oxidation sites excluding steroid dienone is 1. The number of hydrogen-bond donors (Lipinski definition) is 3. The Bertz CT molecular complexity index is 349. The Balaban J connectivity index is 2.12. The molecule has 0 aromatic heterocycles. The molecule has 1 aliphatic carbocycles. The van der Waals surface area contributed by atoms with Crippen LogP contribution >= 0.6 is 0 Å². The fraction of sp³-hybridized carbons (Fsp3) is 0.143. The van der Waals surface area contributed by atoms with Crippen molar-refractivity contribution >= 4 is 12.1 Å². The van der Waals surface area contributed by atoms with Crippen LogP contribution in [-0.2, 0) is 0 Å². The van der Waals surface area contributed by atoms with Gasteiger partial charge in [0.15, 0.2) is 0 Å². The van der Waals surface area contributed by atoms with Crippen molar-refractivity contribution in [1.82, 2.24) is 16.4 Å². The van der Waals surface area contributed by atoms with Gasteiger partial charge in [-0.15, -0.1) is 5.53 Å². The maximum atomic E-state index is 4.17. The molecule has 12 heavy (non-hydrogen) atoms. The zero-order valence-electron chi connectivity index (χ0n) is 6.20. The summed E-state index contributed by atoms with van der Waals surface area (Å²) in [7, 11) is 0. The first-order valence-electron chi connectivity index (χ1n) is 3.74. The van der Waals surface area contributed by atoms with Gasteiger partial charge in [-0.2, -0.15) is 0 Å². The minimum Gasteiger partial charge on any atom is -0.302 e. The summed E-state index contributed by atoms with van der Waals surface area (Å²) in [6.45, 7) is 0. The second kappa shape index (κ2) is 1.95. The molecule has 0 aromatic rings. The Morgan fingerprint density at radius 3 is 3.33 bits per heavy atom. The first-order valence-corrected chi connectivity index (χ1v) is 3.74. The van der Waals surface area contributed by atoms with Gasteiger partial charge in [0, 0.05) is 0 Å². The van der Waals surface area contributed by atoms with Crippen LogP contribution in [0.4, 0.5) is 0 Å². The van der Waals surface area contributed by atoms with Gasteiger partial charge in [0.2, 0.25) is 0 Å². The highest BCUT2D eigenvalue weighted by atomic mass is 15.6. The van der Waals surface area contributed by atoms with Crippen LogP contribution in [0.3, 0.4) is 0 Å². The Labute approximate surface area is 68.9 Å². The molecule has 2 heterocycles. The Morgan fingerprint density at radius 2 is 2.33 bits per heavy atom. The minimum absolute atomic E-state index is 0.109. The number of fused-ring (bicyclic) bond motifs is 2. The lowest BCUT2D eigenvalue weighted by molar-refractivity contribution is 0.600. The molecule has 3 N–H and O–H groups in total. The third-order valence-corrected chi connectivity index (χ3v) is 2.06. The topological polar surface area (TPSA) is 60.8 Å². The van der Waals surface area contributed by atoms with E-state index in [2.05, 4.69) is 26.4 Å². The maximum Gasteiger partial charge on any atom is 0.114 e. The molecule has 5 nitrogen and oxygen atoms in total. The highest BCUT2D eigenvalue weighted by molar-refractivity contribution is 6.12. The number of hydrogen-bond acceptors (Lipinski definition) is 5. The standard InChI is InChI=1S/C7H7N5/c1-2-5-7(11-12-10-5)6-4(1)8-3-9-6/h1-4,10-12H. The number of aliphatic imine (C=N–C) groups is 2. The maximum absolute atomic E-state index is 4.17. The summed E-state index contributed by atoms with van der Waals surface area (Å²) in [6, 6.07) is 0.109. The monoisotopic (exact) mass is 161 g/mol. The molecule has 0 radical (unpaired) electrons. The van der Waals surface area contributed by atoms with Crippen LogP contribution in [0.2, 0.25) is 0 Å². The van der Waals surface area contributed by atoms with Gasteiger partial charge in [-0.3, -0.25) is 4.99 Å². The first-order chi connectivity index (χ1) is 5.95. The van der Waals surface area contributed by atoms with Crippen molar-refractivity contribution in [2.45, 2.75) is 6.04 Å². The molecule has 0 fully saturated rings. The molecule has 1 atom stereocenters. The van der Waals surface area contributed by atoms with Crippen LogP contribution in [0.15, 0.2) is 33.5 Å². The number of nitrogens with one attached hydrogen (secondary N) is 3. The molecule has 5 heteroatoms. The molecule has 3 rings (SSSR count). The lowest BCUT2D eigenvalue weighted by Gasteiger charge is -2.11. The SMILES string of the molecule is C1=CC2N=CN=C2C2=C1NNN2. The van der Waals surface area contributed by atoms with E-state index in [-0.39, 0.29) is 6.04 Å². The highest BCUT2D eigenvalue weighted by Gasteiger charge is 2.27. The average molecular weight is 161 g/mol. The molecule has 60 valence electrons. The summed E-state index contributed by atoms with van der Waals surface area (Å²) < 4.78 is 0. The van der Waals surface area contributed by atoms with E-state index in [9.17, 15) is 0 Å². The zero-order valence-corrected chi connectivity index (χ0v) is 6.20. The van der Waals surface area contributed by atoms with E-state index in [1.165, 1.54) is 0 Å². The molecule has 0 saturated carbocycles. The third-order valence-electron chi connectivity index (χ3n) is 2.06. The molecule has 2 aliphatic heterocycles. The zero-order chi connectivity index (χ0) is 7.97. The van der Waals surface area contributed by atoms with E-state index in [0.29, 0.717) is 0 Å². The molecular weight excluding hydrogens is 154 g/mol. The van der Waals surface area contributed by atoms with Crippen LogP contribution in [-0.4, -0.2) is 18.1 Å². The van der Waals surface area contributed by atoms with E-state index in [1.54, 1.807) is 6.34 Å². The molecule has 3 aliphatic rings. The van der Waals surface area contributed by atoms with Crippen molar-refractivity contribution in [2.75, 3.05) is 0 Å². The van der Waals surface area contributed by atoms with Gasteiger partial charge >= 0.3 is 0 Å². The van der Waals surface area contributed by atoms with Crippen molar-refractivity contribution in [3.63, 3.8) is 0 Å². The highest BCUT2D eigenvalue weighted by Crippen LogP contribution is 2.19. The summed E-state index contributed by atoms with van der Waals surface area (Å²) in [6.07, 6.45) is 5.61. The second-order valence-corrected chi connectivity index (χ2v) is 2.75. The van der Waals surface area contributed by atoms with E-state index in [1.807, 2.05) is 12.2 Å². The summed E-state index contributed by atoms with van der Waals surface area (Å²) in [5, 5.41) is 0. The third kappa shape index (κ3) is 0.609. The van der Waals surface area contributed by atoms with Gasteiger partial charge in [-0.25, -0.2) is 4.99 Å². The lowest BCUT2D eigenvalue weighted by Crippen LogP contribution is -2.34. The van der Waals surface area contributed by atoms with Crippen molar-refractivity contribution in [3.05, 3.63) is 23.5 Å². The Kier molecular flexibility index (Phi) is 0.968. The molecule has 0 amide bonds. The predicted molar refractivity (Wildman–Crippen MR) is 45.3 cm³/mol. The van der Waals surface area contributed by atoms with E-state index in [4.69, 9.17) is 0 Å². The van der Waals surface area contributed by atoms with Crippen molar-refractivity contribution in [2.24, 2.45) is 9.98 Å². The number of rotatable bonds is 0. The Morgan fingerprint density at radius 1 is 1.33 bits per heavy atom. The fourth-order valence-electron chi connectivity index (χ4n) is 1.47. The average Bonchev–Trinajstić information content (AvgIpc) is 2.71. The summed E-state index contributed by atoms with van der Waals surface area (Å²) in [5.74, 6) is 0. The van der Waals surface area contributed by atoms with Gasteiger partial charge in [-0.1, -0.05) is 6.08 Å². The van der Waals surface area contributed by atoms with E-state index >= 15 is 0 Å². The Hall–Kier alpha value is -1.62. The molecule has 1 unspecified atom stereocenters. The van der Waals surface area contributed by atoms with Crippen molar-refractivity contribution in [1.29, 1.82) is 0 Å². The smallest absolute Gasteiger partial charge is 0.114 e. The molecule has 0 bridgehead atoms. The van der Waals surface area contributed by atoms with Crippen LogP contribution in [0, 0.1) is 0 Å². The van der Waals surface area contributed by atoms with Crippen LogP contribution < -0.4 is 16.4 Å². The van der Waals surface area contributed by atoms with E-state index in [0.717, 1.165) is 17.1 Å². The quantitative estimate of drug-likeness (QED) is 0.437. The predicted octanol–water partition coefficient (Wildman–Crippen LogP) is -0.768. The fourth-order valence-corrected chi connectivity index (χ4v) is 1.47. The summed E-state index contributed by atoms with van der Waals surface area (Å²) >= 11 is 0. The normalized spacial score (nSPS) is 29.3. The van der Waals surface area contributed by atoms with Gasteiger partial charge in [0.25, 0.3) is 0 Å². The van der Waals surface area contributed by atoms with Gasteiger partial charge in [-0.05, 0) is 6.08 Å². The molecule has 0 saturated heterocycles. The summed E-state index contributed by atoms with van der Waals surface area (Å²) in [4.78, 5) is 8.35. The largest absolute Gasteiger partial charge is 0.302 e. The van der Waals surface area contributed by atoms with Gasteiger partial charge in [0.05, 0.1) is 17.1 Å². The van der Waals surface area contributed by atoms with Gasteiger partial charge in [0.1, 0.15) is 12.4 Å². The summed E-state index contributed by atoms with van der Waals surface area (Å²) in [5.41, 5.74) is 11.8. The van der Waals surface area contributed by atoms with Gasteiger partial charge < -0.3 is 10.9 Å². The van der Waals surface area contributed by atoms with Crippen molar-refractivity contribution in [3.8, 4) is 0 Å². The molecular formula is C7H7N5.